The Hall–Kier alpha value is -4.04. The summed E-state index contributed by atoms with van der Waals surface area (Å²) in [6, 6.07) is 3.88. The van der Waals surface area contributed by atoms with Crippen LogP contribution in [0, 0.1) is 17.6 Å². The van der Waals surface area contributed by atoms with E-state index in [1.807, 2.05) is 0 Å². The second-order valence-corrected chi connectivity index (χ2v) is 9.25. The molecule has 0 spiro atoms. The SMILES string of the molecule is C[C@H](N)c1oc(-c2ccc(OC(F)F)c(OCC3CC3)c2)nc1C(=O)NC(CNC(N)=O)c1ccc(F)cc1F.Cl. The first-order valence-corrected chi connectivity index (χ1v) is 12.3. The summed E-state index contributed by atoms with van der Waals surface area (Å²) in [6.07, 6.45) is 1.94. The number of halogens is 5. The number of hydrogen-bond donors (Lipinski definition) is 4. The number of alkyl halides is 2. The summed E-state index contributed by atoms with van der Waals surface area (Å²) in [5, 5.41) is 4.81. The van der Waals surface area contributed by atoms with Crippen LogP contribution in [-0.4, -0.2) is 36.7 Å². The number of aromatic nitrogens is 1. The van der Waals surface area contributed by atoms with E-state index in [0.717, 1.165) is 25.0 Å². The van der Waals surface area contributed by atoms with Gasteiger partial charge >= 0.3 is 12.6 Å². The zero-order valence-electron chi connectivity index (χ0n) is 21.7. The first kappa shape index (κ1) is 31.5. The summed E-state index contributed by atoms with van der Waals surface area (Å²) in [6.45, 7) is -1.54. The van der Waals surface area contributed by atoms with E-state index in [1.165, 1.54) is 25.1 Å². The molecular weight excluding hydrogens is 574 g/mol. The molecule has 15 heteroatoms. The summed E-state index contributed by atoms with van der Waals surface area (Å²) >= 11 is 0. The largest absolute Gasteiger partial charge is 0.489 e. The molecule has 1 aliphatic rings. The van der Waals surface area contributed by atoms with E-state index in [4.69, 9.17) is 20.6 Å². The van der Waals surface area contributed by atoms with Crippen molar-refractivity contribution in [2.75, 3.05) is 13.2 Å². The van der Waals surface area contributed by atoms with Crippen LogP contribution >= 0.6 is 12.4 Å². The van der Waals surface area contributed by atoms with Crippen LogP contribution in [0.1, 0.15) is 53.7 Å². The molecule has 1 aromatic heterocycles. The van der Waals surface area contributed by atoms with Gasteiger partial charge in [0, 0.05) is 23.7 Å². The van der Waals surface area contributed by atoms with Crippen molar-refractivity contribution < 1.29 is 41.0 Å². The predicted molar refractivity (Wildman–Crippen MR) is 141 cm³/mol. The Balaban J connectivity index is 0.00000462. The van der Waals surface area contributed by atoms with E-state index in [9.17, 15) is 27.2 Å². The summed E-state index contributed by atoms with van der Waals surface area (Å²) in [5.41, 5.74) is 11.0. The highest BCUT2D eigenvalue weighted by molar-refractivity contribution is 5.94. The van der Waals surface area contributed by atoms with Crippen molar-refractivity contribution in [2.45, 2.75) is 38.5 Å². The molecule has 0 radical (unpaired) electrons. The number of amides is 3. The zero-order valence-corrected chi connectivity index (χ0v) is 22.5. The van der Waals surface area contributed by atoms with Gasteiger partial charge in [-0.15, -0.1) is 12.4 Å². The molecule has 222 valence electrons. The predicted octanol–water partition coefficient (Wildman–Crippen LogP) is 4.59. The van der Waals surface area contributed by atoms with Gasteiger partial charge in [0.2, 0.25) is 5.89 Å². The minimum absolute atomic E-state index is 0. The molecule has 1 heterocycles. The lowest BCUT2D eigenvalue weighted by Crippen LogP contribution is -2.40. The second-order valence-electron chi connectivity index (χ2n) is 9.25. The third-order valence-electron chi connectivity index (χ3n) is 5.98. The molecule has 0 saturated heterocycles. The molecule has 3 amide bonds. The summed E-state index contributed by atoms with van der Waals surface area (Å²) in [7, 11) is 0. The van der Waals surface area contributed by atoms with Crippen LogP contribution < -0.4 is 31.6 Å². The Morgan fingerprint density at radius 1 is 1.15 bits per heavy atom. The molecular formula is C26H28ClF4N5O5. The van der Waals surface area contributed by atoms with Gasteiger partial charge in [-0.1, -0.05) is 6.07 Å². The van der Waals surface area contributed by atoms with Crippen molar-refractivity contribution in [3.05, 3.63) is 65.1 Å². The van der Waals surface area contributed by atoms with Crippen LogP contribution in [0.5, 0.6) is 11.5 Å². The standard InChI is InChI=1S/C26H27F4N5O5.ClH/c1-12(31)22-21(23(36)34-18(10-33-26(32)37)16-6-5-15(27)9-17(16)28)35-24(40-22)14-4-7-19(39-25(29)30)20(8-14)38-11-13-2-3-13;/h4-9,12-13,18,25H,2-3,10-11,31H2,1H3,(H,34,36)(H3,32,33,37);1H/t12-,18?;/m0./s1. The highest BCUT2D eigenvalue weighted by Gasteiger charge is 2.28. The van der Waals surface area contributed by atoms with E-state index in [0.29, 0.717) is 18.6 Å². The molecule has 1 unspecified atom stereocenters. The molecule has 10 nitrogen and oxygen atoms in total. The fourth-order valence-corrected chi connectivity index (χ4v) is 3.82. The Bertz CT molecular complexity index is 1390. The first-order chi connectivity index (χ1) is 19.0. The molecule has 1 saturated carbocycles. The Kier molecular flexibility index (Phi) is 10.4. The topological polar surface area (TPSA) is 155 Å². The third-order valence-corrected chi connectivity index (χ3v) is 5.98. The monoisotopic (exact) mass is 601 g/mol. The highest BCUT2D eigenvalue weighted by atomic mass is 35.5. The minimum Gasteiger partial charge on any atom is -0.489 e. The molecule has 4 rings (SSSR count). The van der Waals surface area contributed by atoms with Crippen LogP contribution in [0.15, 0.2) is 40.8 Å². The fourth-order valence-electron chi connectivity index (χ4n) is 3.82. The smallest absolute Gasteiger partial charge is 0.387 e. The Morgan fingerprint density at radius 2 is 1.88 bits per heavy atom. The van der Waals surface area contributed by atoms with Crippen LogP contribution in [0.25, 0.3) is 11.5 Å². The molecule has 1 fully saturated rings. The van der Waals surface area contributed by atoms with E-state index in [-0.39, 0.29) is 58.9 Å². The number of carbonyl (C=O) groups excluding carboxylic acids is 2. The van der Waals surface area contributed by atoms with Crippen molar-refractivity contribution in [2.24, 2.45) is 17.4 Å². The van der Waals surface area contributed by atoms with Gasteiger partial charge in [0.1, 0.15) is 11.6 Å². The van der Waals surface area contributed by atoms with Crippen molar-refractivity contribution in [3.63, 3.8) is 0 Å². The van der Waals surface area contributed by atoms with Crippen LogP contribution in [-0.2, 0) is 0 Å². The number of nitrogens with two attached hydrogens (primary N) is 2. The number of urea groups is 1. The summed E-state index contributed by atoms with van der Waals surface area (Å²) in [5.74, 6) is -2.55. The molecule has 2 aromatic carbocycles. The third kappa shape index (κ3) is 8.24. The number of primary amides is 1. The van der Waals surface area contributed by atoms with E-state index in [1.54, 1.807) is 0 Å². The molecule has 2 atom stereocenters. The van der Waals surface area contributed by atoms with Gasteiger partial charge in [-0.2, -0.15) is 8.78 Å². The molecule has 1 aliphatic carbocycles. The average molecular weight is 602 g/mol. The Labute approximate surface area is 238 Å². The lowest BCUT2D eigenvalue weighted by molar-refractivity contribution is -0.0515. The van der Waals surface area contributed by atoms with Crippen LogP contribution in [0.4, 0.5) is 22.4 Å². The van der Waals surface area contributed by atoms with Gasteiger partial charge in [0.15, 0.2) is 23.0 Å². The van der Waals surface area contributed by atoms with Crippen molar-refractivity contribution in [1.29, 1.82) is 0 Å². The van der Waals surface area contributed by atoms with E-state index < -0.39 is 42.3 Å². The first-order valence-electron chi connectivity index (χ1n) is 12.3. The maximum Gasteiger partial charge on any atom is 0.387 e. The van der Waals surface area contributed by atoms with E-state index >= 15 is 0 Å². The minimum atomic E-state index is -3.07. The highest BCUT2D eigenvalue weighted by Crippen LogP contribution is 2.37. The van der Waals surface area contributed by atoms with Gasteiger partial charge in [-0.3, -0.25) is 4.79 Å². The molecule has 0 aliphatic heterocycles. The number of oxazole rings is 1. The number of rotatable bonds is 12. The lowest BCUT2D eigenvalue weighted by Gasteiger charge is -2.20. The maximum absolute atomic E-state index is 14.5. The number of ether oxygens (including phenoxy) is 2. The molecule has 41 heavy (non-hydrogen) atoms. The molecule has 6 N–H and O–H groups in total. The number of nitrogens with zero attached hydrogens (tertiary/aromatic N) is 1. The molecule has 0 bridgehead atoms. The lowest BCUT2D eigenvalue weighted by atomic mass is 10.1. The summed E-state index contributed by atoms with van der Waals surface area (Å²) in [4.78, 5) is 28.8. The average Bonchev–Trinajstić information content (AvgIpc) is 3.60. The zero-order chi connectivity index (χ0) is 29.0. The summed E-state index contributed by atoms with van der Waals surface area (Å²) < 4.78 is 69.8. The van der Waals surface area contributed by atoms with Gasteiger partial charge in [0.25, 0.3) is 5.91 Å². The maximum atomic E-state index is 14.5. The second kappa shape index (κ2) is 13.5. The number of benzene rings is 2. The quantitative estimate of drug-likeness (QED) is 0.221. The van der Waals surface area contributed by atoms with Crippen LogP contribution in [0.2, 0.25) is 0 Å². The normalized spacial score (nSPS) is 14.1. The number of carbonyl (C=O) groups is 2. The molecule has 3 aromatic rings. The van der Waals surface area contributed by atoms with Gasteiger partial charge in [0.05, 0.1) is 18.7 Å². The van der Waals surface area contributed by atoms with Crippen molar-refractivity contribution >= 4 is 24.3 Å². The van der Waals surface area contributed by atoms with E-state index in [2.05, 4.69) is 20.4 Å². The van der Waals surface area contributed by atoms with Crippen molar-refractivity contribution in [1.82, 2.24) is 15.6 Å². The Morgan fingerprint density at radius 3 is 2.49 bits per heavy atom. The van der Waals surface area contributed by atoms with Gasteiger partial charge < -0.3 is 36.0 Å². The number of nitrogens with one attached hydrogen (secondary N) is 2. The van der Waals surface area contributed by atoms with Gasteiger partial charge in [-0.05, 0) is 49.9 Å². The number of hydrogen-bond acceptors (Lipinski definition) is 7. The van der Waals surface area contributed by atoms with Crippen LogP contribution in [0.3, 0.4) is 0 Å². The van der Waals surface area contributed by atoms with Crippen molar-refractivity contribution in [3.8, 4) is 23.0 Å². The van der Waals surface area contributed by atoms with Gasteiger partial charge in [-0.25, -0.2) is 18.6 Å². The fraction of sp³-hybridized carbons (Fsp3) is 0.346.